The molecule has 100 valence electrons. The predicted molar refractivity (Wildman–Crippen MR) is 77.9 cm³/mol. The minimum absolute atomic E-state index is 0.0503. The fourth-order valence-electron chi connectivity index (χ4n) is 2.67. The number of fused-ring (bicyclic) bond motifs is 2. The molecule has 0 bridgehead atoms. The number of rotatable bonds is 1. The maximum atomic E-state index is 12.6. The van der Waals surface area contributed by atoms with Gasteiger partial charge in [-0.15, -0.1) is 11.8 Å². The van der Waals surface area contributed by atoms with Crippen LogP contribution in [0.4, 0.5) is 0 Å². The second-order valence-electron chi connectivity index (χ2n) is 4.68. The fraction of sp³-hybridized carbons (Fsp3) is 0.125. The van der Waals surface area contributed by atoms with E-state index in [1.807, 2.05) is 6.26 Å². The van der Waals surface area contributed by atoms with Crippen molar-refractivity contribution in [3.05, 3.63) is 58.1 Å². The van der Waals surface area contributed by atoms with Crippen LogP contribution in [-0.2, 0) is 0 Å². The molecule has 2 aromatic rings. The topological polar surface area (TPSA) is 54.4 Å². The van der Waals surface area contributed by atoms with Gasteiger partial charge in [0, 0.05) is 22.3 Å². The van der Waals surface area contributed by atoms with Gasteiger partial charge in [0.1, 0.15) is 5.75 Å². The number of carbonyl (C=O) groups is 2. The Kier molecular flexibility index (Phi) is 2.91. The first-order valence-electron chi connectivity index (χ1n) is 6.15. The molecular formula is C16H12O3S. The summed E-state index contributed by atoms with van der Waals surface area (Å²) in [6.45, 7) is 1.77. The smallest absolute Gasteiger partial charge is 0.194 e. The third-order valence-electron chi connectivity index (χ3n) is 3.59. The van der Waals surface area contributed by atoms with Crippen molar-refractivity contribution in [1.29, 1.82) is 0 Å². The monoisotopic (exact) mass is 284 g/mol. The maximum Gasteiger partial charge on any atom is 0.194 e. The SMILES string of the molecule is CSc1c(O)cc2c(c1C)C(=O)c1ccccc1C2=O. The zero-order valence-corrected chi connectivity index (χ0v) is 11.9. The minimum atomic E-state index is -0.207. The largest absolute Gasteiger partial charge is 0.507 e. The fourth-order valence-corrected chi connectivity index (χ4v) is 3.35. The van der Waals surface area contributed by atoms with Crippen LogP contribution in [-0.4, -0.2) is 22.9 Å². The third-order valence-corrected chi connectivity index (χ3v) is 4.51. The Labute approximate surface area is 120 Å². The van der Waals surface area contributed by atoms with Crippen molar-refractivity contribution in [2.75, 3.05) is 6.26 Å². The van der Waals surface area contributed by atoms with Gasteiger partial charge in [-0.05, 0) is 24.8 Å². The van der Waals surface area contributed by atoms with Crippen molar-refractivity contribution in [3.8, 4) is 5.75 Å². The van der Waals surface area contributed by atoms with Gasteiger partial charge in [-0.2, -0.15) is 0 Å². The minimum Gasteiger partial charge on any atom is -0.507 e. The summed E-state index contributed by atoms with van der Waals surface area (Å²) in [6.07, 6.45) is 1.83. The van der Waals surface area contributed by atoms with Gasteiger partial charge in [-0.25, -0.2) is 0 Å². The van der Waals surface area contributed by atoms with E-state index in [9.17, 15) is 14.7 Å². The van der Waals surface area contributed by atoms with E-state index in [4.69, 9.17) is 0 Å². The molecule has 1 aliphatic rings. The van der Waals surface area contributed by atoms with Crippen molar-refractivity contribution >= 4 is 23.3 Å². The Hall–Kier alpha value is -2.07. The number of hydrogen-bond acceptors (Lipinski definition) is 4. The van der Waals surface area contributed by atoms with Crippen molar-refractivity contribution < 1.29 is 14.7 Å². The number of phenolic OH excluding ortho intramolecular Hbond substituents is 1. The molecule has 3 nitrogen and oxygen atoms in total. The first kappa shape index (κ1) is 12.9. The maximum absolute atomic E-state index is 12.6. The van der Waals surface area contributed by atoms with Gasteiger partial charge in [0.2, 0.25) is 0 Å². The quantitative estimate of drug-likeness (QED) is 0.697. The summed E-state index contributed by atoms with van der Waals surface area (Å²) < 4.78 is 0. The lowest BCUT2D eigenvalue weighted by molar-refractivity contribution is 0.0978. The van der Waals surface area contributed by atoms with Crippen LogP contribution in [0.25, 0.3) is 0 Å². The number of benzene rings is 2. The number of thioether (sulfide) groups is 1. The average molecular weight is 284 g/mol. The summed E-state index contributed by atoms with van der Waals surface area (Å²) in [5.74, 6) is -0.307. The van der Waals surface area contributed by atoms with Gasteiger partial charge in [0.25, 0.3) is 0 Å². The van der Waals surface area contributed by atoms with E-state index < -0.39 is 0 Å². The lowest BCUT2D eigenvalue weighted by Gasteiger charge is -2.21. The Bertz CT molecular complexity index is 763. The average Bonchev–Trinajstić information content (AvgIpc) is 2.45. The molecule has 0 saturated carbocycles. The van der Waals surface area contributed by atoms with Crippen molar-refractivity contribution in [2.45, 2.75) is 11.8 Å². The Balaban J connectivity index is 2.37. The van der Waals surface area contributed by atoms with E-state index in [1.165, 1.54) is 17.8 Å². The zero-order chi connectivity index (χ0) is 14.4. The van der Waals surface area contributed by atoms with Crippen LogP contribution in [0.1, 0.15) is 37.4 Å². The van der Waals surface area contributed by atoms with E-state index in [2.05, 4.69) is 0 Å². The molecule has 0 radical (unpaired) electrons. The molecule has 0 amide bonds. The van der Waals surface area contributed by atoms with Crippen LogP contribution >= 0.6 is 11.8 Å². The zero-order valence-electron chi connectivity index (χ0n) is 11.1. The van der Waals surface area contributed by atoms with Crippen LogP contribution in [0.2, 0.25) is 0 Å². The summed E-state index contributed by atoms with van der Waals surface area (Å²) >= 11 is 1.37. The predicted octanol–water partition coefficient (Wildman–Crippen LogP) is 3.20. The normalized spacial score (nSPS) is 13.1. The van der Waals surface area contributed by atoms with E-state index in [0.29, 0.717) is 32.7 Å². The molecule has 0 atom stereocenters. The number of aromatic hydroxyl groups is 1. The Morgan fingerprint density at radius 2 is 1.60 bits per heavy atom. The van der Waals surface area contributed by atoms with Crippen LogP contribution in [0.5, 0.6) is 5.75 Å². The molecule has 0 aromatic heterocycles. The highest BCUT2D eigenvalue weighted by molar-refractivity contribution is 7.98. The van der Waals surface area contributed by atoms with Crippen molar-refractivity contribution in [3.63, 3.8) is 0 Å². The molecule has 0 spiro atoms. The third kappa shape index (κ3) is 1.61. The van der Waals surface area contributed by atoms with E-state index in [1.54, 1.807) is 31.2 Å². The molecule has 1 aliphatic carbocycles. The summed E-state index contributed by atoms with van der Waals surface area (Å²) in [5.41, 5.74) is 2.21. The summed E-state index contributed by atoms with van der Waals surface area (Å²) in [5, 5.41) is 10.0. The van der Waals surface area contributed by atoms with Crippen molar-refractivity contribution in [1.82, 2.24) is 0 Å². The van der Waals surface area contributed by atoms with Gasteiger partial charge in [-0.1, -0.05) is 24.3 Å². The van der Waals surface area contributed by atoms with Gasteiger partial charge < -0.3 is 5.11 Å². The van der Waals surface area contributed by atoms with E-state index in [0.717, 1.165) is 0 Å². The standard InChI is InChI=1S/C16H12O3S/c1-8-13-11(7-12(17)16(8)20-2)14(18)9-5-3-4-6-10(9)15(13)19/h3-7,17H,1-2H3. The highest BCUT2D eigenvalue weighted by atomic mass is 32.2. The molecule has 0 unspecified atom stereocenters. The first-order chi connectivity index (χ1) is 9.56. The molecule has 0 fully saturated rings. The lowest BCUT2D eigenvalue weighted by atomic mass is 9.82. The number of carbonyl (C=O) groups excluding carboxylic acids is 2. The van der Waals surface area contributed by atoms with Crippen molar-refractivity contribution in [2.24, 2.45) is 0 Å². The summed E-state index contributed by atoms with van der Waals surface area (Å²) in [4.78, 5) is 25.7. The molecule has 4 heteroatoms. The molecule has 0 aliphatic heterocycles. The van der Waals surface area contributed by atoms with E-state index >= 15 is 0 Å². The lowest BCUT2D eigenvalue weighted by Crippen LogP contribution is -2.22. The first-order valence-corrected chi connectivity index (χ1v) is 7.37. The van der Waals surface area contributed by atoms with Crippen LogP contribution in [0.3, 0.4) is 0 Å². The molecule has 0 saturated heterocycles. The number of phenols is 1. The van der Waals surface area contributed by atoms with Crippen LogP contribution in [0.15, 0.2) is 35.2 Å². The molecule has 3 rings (SSSR count). The Morgan fingerprint density at radius 3 is 2.20 bits per heavy atom. The summed E-state index contributed by atoms with van der Waals surface area (Å²) in [6, 6.07) is 8.21. The second kappa shape index (κ2) is 4.49. The second-order valence-corrected chi connectivity index (χ2v) is 5.50. The van der Waals surface area contributed by atoms with Gasteiger partial charge >= 0.3 is 0 Å². The van der Waals surface area contributed by atoms with Gasteiger partial charge in [-0.3, -0.25) is 9.59 Å². The van der Waals surface area contributed by atoms with Crippen LogP contribution in [0, 0.1) is 6.92 Å². The molecular weight excluding hydrogens is 272 g/mol. The molecule has 0 heterocycles. The highest BCUT2D eigenvalue weighted by Gasteiger charge is 2.32. The highest BCUT2D eigenvalue weighted by Crippen LogP contribution is 2.38. The number of hydrogen-bond donors (Lipinski definition) is 1. The number of ketones is 2. The summed E-state index contributed by atoms with van der Waals surface area (Å²) in [7, 11) is 0. The van der Waals surface area contributed by atoms with Gasteiger partial charge in [0.15, 0.2) is 11.6 Å². The molecule has 2 aromatic carbocycles. The van der Waals surface area contributed by atoms with E-state index in [-0.39, 0.29) is 17.3 Å². The molecule has 1 N–H and O–H groups in total. The molecule has 20 heavy (non-hydrogen) atoms. The van der Waals surface area contributed by atoms with Gasteiger partial charge in [0.05, 0.1) is 4.90 Å². The van der Waals surface area contributed by atoms with Crippen LogP contribution < -0.4 is 0 Å². The Morgan fingerprint density at radius 1 is 1.00 bits per heavy atom.